The summed E-state index contributed by atoms with van der Waals surface area (Å²) in [7, 11) is 0. The maximum atomic E-state index is 12.7. The summed E-state index contributed by atoms with van der Waals surface area (Å²) in [4.78, 5) is 37.9. The SMILES string of the molecule is CC1(C)C(=O)NCc2ccc(cc2)CCc2nc(nc(OCC(F)(F)F)n2)Nc2ccc(cc2)CNC1=O. The Bertz CT molecular complexity index is 1300. The summed E-state index contributed by atoms with van der Waals surface area (Å²) in [5, 5.41) is 8.56. The van der Waals surface area contributed by atoms with Gasteiger partial charge in [0.15, 0.2) is 6.61 Å². The van der Waals surface area contributed by atoms with Gasteiger partial charge in [-0.25, -0.2) is 0 Å². The number of nitrogens with zero attached hydrogens (tertiary/aromatic N) is 3. The van der Waals surface area contributed by atoms with E-state index in [0.717, 1.165) is 16.7 Å². The highest BCUT2D eigenvalue weighted by Crippen LogP contribution is 2.21. The molecule has 0 saturated carbocycles. The van der Waals surface area contributed by atoms with Crippen LogP contribution in [0.25, 0.3) is 0 Å². The van der Waals surface area contributed by atoms with Crippen LogP contribution in [0, 0.1) is 5.41 Å². The van der Waals surface area contributed by atoms with Crippen molar-refractivity contribution in [2.24, 2.45) is 5.41 Å². The Morgan fingerprint density at radius 2 is 1.37 bits per heavy atom. The van der Waals surface area contributed by atoms with Crippen LogP contribution in [-0.2, 0) is 35.5 Å². The predicted octanol–water partition coefficient (Wildman–Crippen LogP) is 3.61. The van der Waals surface area contributed by atoms with Crippen molar-refractivity contribution in [1.82, 2.24) is 25.6 Å². The lowest BCUT2D eigenvalue weighted by Gasteiger charge is -2.23. The molecule has 3 N–H and O–H groups in total. The molecule has 0 aliphatic carbocycles. The quantitative estimate of drug-likeness (QED) is 0.435. The molecule has 4 aliphatic heterocycles. The maximum absolute atomic E-state index is 12.7. The topological polar surface area (TPSA) is 118 Å². The van der Waals surface area contributed by atoms with Gasteiger partial charge in [-0.2, -0.15) is 28.1 Å². The number of anilines is 2. The Morgan fingerprint density at radius 1 is 0.816 bits per heavy atom. The van der Waals surface area contributed by atoms with E-state index < -0.39 is 36.0 Å². The van der Waals surface area contributed by atoms with Crippen molar-refractivity contribution in [3.8, 4) is 6.01 Å². The number of hydrogen-bond donors (Lipinski definition) is 3. The second-order valence-corrected chi connectivity index (χ2v) is 9.39. The number of carbonyl (C=O) groups is 2. The Kier molecular flexibility index (Phi) is 7.79. The fourth-order valence-electron chi connectivity index (χ4n) is 3.60. The first-order valence-corrected chi connectivity index (χ1v) is 11.9. The molecule has 2 aromatic carbocycles. The number of ether oxygens (including phenoxy) is 1. The molecule has 9 nitrogen and oxygen atoms in total. The van der Waals surface area contributed by atoms with Gasteiger partial charge in [-0.3, -0.25) is 9.59 Å². The fraction of sp³-hybridized carbons (Fsp3) is 0.346. The number of aromatic nitrogens is 3. The van der Waals surface area contributed by atoms with Crippen LogP contribution in [0.15, 0.2) is 48.5 Å². The lowest BCUT2D eigenvalue weighted by Crippen LogP contribution is -2.47. The van der Waals surface area contributed by atoms with Gasteiger partial charge in [0.25, 0.3) is 0 Å². The van der Waals surface area contributed by atoms with Gasteiger partial charge in [-0.15, -0.1) is 0 Å². The summed E-state index contributed by atoms with van der Waals surface area (Å²) >= 11 is 0. The highest BCUT2D eigenvalue weighted by atomic mass is 19.4. The molecule has 2 amide bonds. The number of nitrogens with one attached hydrogen (secondary N) is 3. The van der Waals surface area contributed by atoms with Crippen LogP contribution in [0.5, 0.6) is 6.01 Å². The predicted molar refractivity (Wildman–Crippen MR) is 132 cm³/mol. The first kappa shape index (κ1) is 26.8. The van der Waals surface area contributed by atoms with Crippen LogP contribution >= 0.6 is 0 Å². The van der Waals surface area contributed by atoms with Gasteiger partial charge in [0.2, 0.25) is 17.8 Å². The van der Waals surface area contributed by atoms with Crippen LogP contribution in [0.4, 0.5) is 24.8 Å². The Balaban J connectivity index is 1.62. The largest absolute Gasteiger partial charge is 0.454 e. The third-order valence-electron chi connectivity index (χ3n) is 5.94. The summed E-state index contributed by atoms with van der Waals surface area (Å²) in [6.07, 6.45) is -3.70. The van der Waals surface area contributed by atoms with Crippen molar-refractivity contribution < 1.29 is 27.5 Å². The summed E-state index contributed by atoms with van der Waals surface area (Å²) in [5.74, 6) is -0.496. The van der Waals surface area contributed by atoms with Crippen molar-refractivity contribution >= 4 is 23.5 Å². The first-order chi connectivity index (χ1) is 18.0. The van der Waals surface area contributed by atoms with Gasteiger partial charge in [-0.05, 0) is 49.1 Å². The van der Waals surface area contributed by atoms with Gasteiger partial charge in [0.1, 0.15) is 11.2 Å². The number of alkyl halides is 3. The molecule has 5 heterocycles. The molecule has 3 aromatic rings. The molecular weight excluding hydrogens is 501 g/mol. The number of amides is 2. The van der Waals surface area contributed by atoms with Crippen LogP contribution in [0.1, 0.15) is 36.4 Å². The van der Waals surface area contributed by atoms with Crippen molar-refractivity contribution in [2.45, 2.75) is 46.0 Å². The normalized spacial score (nSPS) is 16.1. The Morgan fingerprint density at radius 3 is 1.95 bits per heavy atom. The molecule has 4 aliphatic rings. The third-order valence-corrected chi connectivity index (χ3v) is 5.94. The van der Waals surface area contributed by atoms with Gasteiger partial charge in [0.05, 0.1) is 0 Å². The van der Waals surface area contributed by atoms with Crippen LogP contribution in [0.3, 0.4) is 0 Å². The standard InChI is InChI=1S/C26H27F3N6O3/c1-25(2)21(36)30-13-17-5-3-16(4-6-17)9-12-20-33-23(35-24(34-20)38-15-26(27,28)29)32-19-10-7-18(8-11-19)14-31-22(25)37/h3-8,10-11H,9,12-15H2,1-2H3,(H,30,36)(H,31,37)(H,32,33,34,35). The van der Waals surface area contributed by atoms with Crippen LogP contribution in [0.2, 0.25) is 0 Å². The maximum Gasteiger partial charge on any atom is 0.422 e. The molecule has 7 rings (SSSR count). The van der Waals surface area contributed by atoms with E-state index in [-0.39, 0.29) is 24.9 Å². The van der Waals surface area contributed by atoms with E-state index in [1.807, 2.05) is 24.3 Å². The van der Waals surface area contributed by atoms with Crippen molar-refractivity contribution in [3.05, 3.63) is 71.0 Å². The zero-order valence-electron chi connectivity index (χ0n) is 20.9. The second-order valence-electron chi connectivity index (χ2n) is 9.39. The summed E-state index contributed by atoms with van der Waals surface area (Å²) in [6, 6.07) is 14.0. The van der Waals surface area contributed by atoms with Gasteiger partial charge < -0.3 is 20.7 Å². The van der Waals surface area contributed by atoms with E-state index in [2.05, 4.69) is 30.9 Å². The molecule has 12 heteroatoms. The zero-order chi connectivity index (χ0) is 27.3. The number of rotatable bonds is 2. The van der Waals surface area contributed by atoms with E-state index in [9.17, 15) is 22.8 Å². The minimum atomic E-state index is -4.54. The van der Waals surface area contributed by atoms with E-state index in [1.54, 1.807) is 38.1 Å². The van der Waals surface area contributed by atoms with Crippen molar-refractivity contribution in [3.63, 3.8) is 0 Å². The smallest absolute Gasteiger partial charge is 0.422 e. The van der Waals surface area contributed by atoms with E-state index in [0.29, 0.717) is 18.5 Å². The van der Waals surface area contributed by atoms with E-state index in [4.69, 9.17) is 4.74 Å². The number of halogens is 3. The lowest BCUT2D eigenvalue weighted by molar-refractivity contribution is -0.154. The zero-order valence-corrected chi connectivity index (χ0v) is 20.9. The van der Waals surface area contributed by atoms with Crippen LogP contribution in [-0.4, -0.2) is 39.5 Å². The summed E-state index contributed by atoms with van der Waals surface area (Å²) in [6.45, 7) is 2.06. The highest BCUT2D eigenvalue weighted by molar-refractivity contribution is 6.04. The van der Waals surface area contributed by atoms with Crippen molar-refractivity contribution in [1.29, 1.82) is 0 Å². The average Bonchev–Trinajstić information content (AvgIpc) is 2.88. The minimum absolute atomic E-state index is 0.0424. The Labute approximate surface area is 217 Å². The Hall–Kier alpha value is -4.22. The highest BCUT2D eigenvalue weighted by Gasteiger charge is 2.35. The molecule has 38 heavy (non-hydrogen) atoms. The number of carbonyl (C=O) groups excluding carboxylic acids is 2. The molecule has 0 atom stereocenters. The molecule has 6 bridgehead atoms. The van der Waals surface area contributed by atoms with Crippen molar-refractivity contribution in [2.75, 3.05) is 11.9 Å². The first-order valence-electron chi connectivity index (χ1n) is 11.9. The van der Waals surface area contributed by atoms with E-state index in [1.165, 1.54) is 0 Å². The minimum Gasteiger partial charge on any atom is -0.454 e. The average molecular weight is 529 g/mol. The van der Waals surface area contributed by atoms with E-state index >= 15 is 0 Å². The number of hydrogen-bond acceptors (Lipinski definition) is 7. The molecule has 0 spiro atoms. The van der Waals surface area contributed by atoms with Crippen LogP contribution < -0.4 is 20.7 Å². The molecule has 0 saturated heterocycles. The van der Waals surface area contributed by atoms with Gasteiger partial charge in [-0.1, -0.05) is 36.4 Å². The molecule has 0 radical (unpaired) electrons. The fourth-order valence-corrected chi connectivity index (χ4v) is 3.60. The monoisotopic (exact) mass is 528 g/mol. The molecule has 0 unspecified atom stereocenters. The molecule has 1 aromatic heterocycles. The number of benzene rings is 2. The second kappa shape index (κ2) is 11.0. The lowest BCUT2D eigenvalue weighted by atomic mass is 9.90. The third kappa shape index (κ3) is 7.17. The molecular formula is C26H27F3N6O3. The molecule has 0 fully saturated rings. The number of aryl methyl sites for hydroxylation is 2. The summed E-state index contributed by atoms with van der Waals surface area (Å²) < 4.78 is 42.9. The van der Waals surface area contributed by atoms with Gasteiger partial charge >= 0.3 is 12.2 Å². The summed E-state index contributed by atoms with van der Waals surface area (Å²) in [5.41, 5.74) is 1.85. The van der Waals surface area contributed by atoms with Gasteiger partial charge in [0, 0.05) is 25.2 Å². The molecule has 200 valence electrons.